The fourth-order valence-corrected chi connectivity index (χ4v) is 3.61. The lowest BCUT2D eigenvalue weighted by molar-refractivity contribution is -0.143. The van der Waals surface area contributed by atoms with Gasteiger partial charge in [-0.15, -0.1) is 0 Å². The van der Waals surface area contributed by atoms with Gasteiger partial charge in [0.15, 0.2) is 0 Å². The number of piperidine rings is 2. The Morgan fingerprint density at radius 3 is 3.00 bits per heavy atom. The number of likely N-dealkylation sites (tertiary alicyclic amines) is 2. The number of hydrogen-bond donors (Lipinski definition) is 0. The van der Waals surface area contributed by atoms with Crippen molar-refractivity contribution in [2.45, 2.75) is 44.2 Å². The molecule has 4 nitrogen and oxygen atoms in total. The fraction of sp³-hybridized carbons (Fsp3) is 0.667. The third kappa shape index (κ3) is 2.41. The molecule has 0 aliphatic carbocycles. The van der Waals surface area contributed by atoms with Crippen molar-refractivity contribution in [1.29, 1.82) is 0 Å². The van der Waals surface area contributed by atoms with Gasteiger partial charge < -0.3 is 9.32 Å². The molecule has 1 aromatic rings. The molecule has 1 amide bonds. The first-order valence-corrected chi connectivity index (χ1v) is 7.21. The Morgan fingerprint density at radius 2 is 2.21 bits per heavy atom. The molecule has 19 heavy (non-hydrogen) atoms. The normalized spacial score (nSPS) is 29.1. The van der Waals surface area contributed by atoms with E-state index in [-0.39, 0.29) is 5.54 Å². The number of hydrogen-bond acceptors (Lipinski definition) is 3. The highest BCUT2D eigenvalue weighted by Gasteiger charge is 2.43. The first-order chi connectivity index (χ1) is 9.20. The van der Waals surface area contributed by atoms with Crippen molar-refractivity contribution >= 4 is 5.91 Å². The first kappa shape index (κ1) is 12.7. The van der Waals surface area contributed by atoms with Crippen LogP contribution in [0.25, 0.3) is 0 Å². The molecule has 2 aliphatic heterocycles. The van der Waals surface area contributed by atoms with Crippen LogP contribution in [0.4, 0.5) is 0 Å². The van der Waals surface area contributed by atoms with Crippen LogP contribution in [-0.2, 0) is 11.3 Å². The fourth-order valence-electron chi connectivity index (χ4n) is 3.61. The Kier molecular flexibility index (Phi) is 3.35. The molecule has 4 heteroatoms. The van der Waals surface area contributed by atoms with Crippen LogP contribution in [-0.4, -0.2) is 41.4 Å². The van der Waals surface area contributed by atoms with Gasteiger partial charge in [0.25, 0.3) is 0 Å². The third-order valence-electron chi connectivity index (χ3n) is 4.71. The van der Waals surface area contributed by atoms with E-state index in [9.17, 15) is 4.79 Å². The lowest BCUT2D eigenvalue weighted by Gasteiger charge is -2.50. The highest BCUT2D eigenvalue weighted by molar-refractivity contribution is 5.77. The van der Waals surface area contributed by atoms with Gasteiger partial charge in [-0.2, -0.15) is 0 Å². The zero-order chi connectivity index (χ0) is 13.3. The van der Waals surface area contributed by atoms with Gasteiger partial charge in [-0.1, -0.05) is 0 Å². The third-order valence-corrected chi connectivity index (χ3v) is 4.71. The van der Waals surface area contributed by atoms with Crippen LogP contribution >= 0.6 is 0 Å². The molecule has 1 atom stereocenters. The minimum atomic E-state index is 0.0696. The van der Waals surface area contributed by atoms with Gasteiger partial charge in [0.05, 0.1) is 18.3 Å². The Balaban J connectivity index is 1.71. The van der Waals surface area contributed by atoms with E-state index in [0.717, 1.165) is 51.1 Å². The molecule has 0 N–H and O–H groups in total. The molecule has 1 spiro atoms. The van der Waals surface area contributed by atoms with Gasteiger partial charge in [-0.3, -0.25) is 9.69 Å². The molecule has 0 bridgehead atoms. The highest BCUT2D eigenvalue weighted by Crippen LogP contribution is 2.36. The van der Waals surface area contributed by atoms with E-state index >= 15 is 0 Å². The molecule has 2 fully saturated rings. The molecule has 1 aromatic heterocycles. The van der Waals surface area contributed by atoms with Crippen molar-refractivity contribution in [2.75, 3.05) is 20.1 Å². The minimum absolute atomic E-state index is 0.0696. The van der Waals surface area contributed by atoms with E-state index in [1.807, 2.05) is 24.1 Å². The summed E-state index contributed by atoms with van der Waals surface area (Å²) in [5.74, 6) is 1.33. The highest BCUT2D eigenvalue weighted by atomic mass is 16.3. The maximum absolute atomic E-state index is 12.0. The van der Waals surface area contributed by atoms with Crippen molar-refractivity contribution in [3.8, 4) is 0 Å². The molecule has 0 aromatic carbocycles. The molecule has 104 valence electrons. The van der Waals surface area contributed by atoms with E-state index in [0.29, 0.717) is 5.91 Å². The molecule has 2 saturated heterocycles. The van der Waals surface area contributed by atoms with Crippen LogP contribution < -0.4 is 0 Å². The molecular weight excluding hydrogens is 240 g/mol. The van der Waals surface area contributed by atoms with E-state index < -0.39 is 0 Å². The second-order valence-electron chi connectivity index (χ2n) is 5.92. The summed E-state index contributed by atoms with van der Waals surface area (Å²) in [6.45, 7) is 2.94. The second-order valence-corrected chi connectivity index (χ2v) is 5.92. The Bertz CT molecular complexity index is 439. The van der Waals surface area contributed by atoms with Crippen molar-refractivity contribution in [3.63, 3.8) is 0 Å². The van der Waals surface area contributed by atoms with Crippen molar-refractivity contribution in [1.82, 2.24) is 9.80 Å². The number of amides is 1. The summed E-state index contributed by atoms with van der Waals surface area (Å²) in [6, 6.07) is 3.96. The average molecular weight is 262 g/mol. The van der Waals surface area contributed by atoms with Crippen LogP contribution in [0.3, 0.4) is 0 Å². The van der Waals surface area contributed by atoms with E-state index in [1.54, 1.807) is 6.26 Å². The summed E-state index contributed by atoms with van der Waals surface area (Å²) >= 11 is 0. The summed E-state index contributed by atoms with van der Waals surface area (Å²) in [4.78, 5) is 16.4. The number of nitrogens with zero attached hydrogens (tertiary/aromatic N) is 2. The molecular formula is C15H22N2O2. The predicted molar refractivity (Wildman–Crippen MR) is 72.6 cm³/mol. The lowest BCUT2D eigenvalue weighted by atomic mass is 9.80. The monoisotopic (exact) mass is 262 g/mol. The predicted octanol–water partition coefficient (Wildman–Crippen LogP) is 2.26. The number of furan rings is 1. The van der Waals surface area contributed by atoms with Crippen molar-refractivity contribution in [3.05, 3.63) is 24.2 Å². The van der Waals surface area contributed by atoms with E-state index in [1.165, 1.54) is 6.42 Å². The number of rotatable bonds is 2. The largest absolute Gasteiger partial charge is 0.468 e. The van der Waals surface area contributed by atoms with E-state index in [4.69, 9.17) is 4.42 Å². The maximum Gasteiger partial charge on any atom is 0.222 e. The van der Waals surface area contributed by atoms with Gasteiger partial charge in [0.2, 0.25) is 5.91 Å². The first-order valence-electron chi connectivity index (χ1n) is 7.21. The molecule has 3 heterocycles. The molecule has 2 aliphatic rings. The summed E-state index contributed by atoms with van der Waals surface area (Å²) in [5, 5.41) is 0. The molecule has 0 saturated carbocycles. The number of likely N-dealkylation sites (N-methyl/N-ethyl adjacent to an activating group) is 1. The summed E-state index contributed by atoms with van der Waals surface area (Å²) in [6.07, 6.45) is 6.94. The zero-order valence-electron chi connectivity index (χ0n) is 11.6. The smallest absolute Gasteiger partial charge is 0.222 e. The maximum atomic E-state index is 12.0. The van der Waals surface area contributed by atoms with Crippen LogP contribution in [0.2, 0.25) is 0 Å². The van der Waals surface area contributed by atoms with Gasteiger partial charge in [0.1, 0.15) is 5.76 Å². The Morgan fingerprint density at radius 1 is 1.37 bits per heavy atom. The number of carbonyl (C=O) groups is 1. The van der Waals surface area contributed by atoms with E-state index in [2.05, 4.69) is 4.90 Å². The second kappa shape index (κ2) is 5.00. The summed E-state index contributed by atoms with van der Waals surface area (Å²) in [5.41, 5.74) is 0.0696. The standard InChI is InChI=1S/C15H22N2O2/c1-16-14(18)6-2-7-15(16)8-4-9-17(12-15)11-13-5-3-10-19-13/h3,5,10H,2,4,6-9,11-12H2,1H3/t15-/m0/s1. The SMILES string of the molecule is CN1C(=O)CCC[C@@]12CCCN(Cc1ccco1)C2. The minimum Gasteiger partial charge on any atom is -0.468 e. The topological polar surface area (TPSA) is 36.7 Å². The summed E-state index contributed by atoms with van der Waals surface area (Å²) < 4.78 is 5.44. The molecule has 3 rings (SSSR count). The Hall–Kier alpha value is -1.29. The van der Waals surface area contributed by atoms with Crippen LogP contribution in [0.15, 0.2) is 22.8 Å². The van der Waals surface area contributed by atoms with Crippen LogP contribution in [0.1, 0.15) is 37.9 Å². The number of carbonyl (C=O) groups excluding carboxylic acids is 1. The van der Waals surface area contributed by atoms with Crippen molar-refractivity contribution in [2.24, 2.45) is 0 Å². The van der Waals surface area contributed by atoms with Crippen LogP contribution in [0.5, 0.6) is 0 Å². The van der Waals surface area contributed by atoms with Crippen molar-refractivity contribution < 1.29 is 9.21 Å². The van der Waals surface area contributed by atoms with Gasteiger partial charge in [-0.05, 0) is 44.4 Å². The van der Waals surface area contributed by atoms with Gasteiger partial charge in [-0.25, -0.2) is 0 Å². The summed E-state index contributed by atoms with van der Waals surface area (Å²) in [7, 11) is 1.98. The molecule has 0 unspecified atom stereocenters. The van der Waals surface area contributed by atoms with Crippen LogP contribution in [0, 0.1) is 0 Å². The lowest BCUT2D eigenvalue weighted by Crippen LogP contribution is -2.60. The molecule has 0 radical (unpaired) electrons. The quantitative estimate of drug-likeness (QED) is 0.820. The zero-order valence-corrected chi connectivity index (χ0v) is 11.6. The van der Waals surface area contributed by atoms with Gasteiger partial charge >= 0.3 is 0 Å². The van der Waals surface area contributed by atoms with Gasteiger partial charge in [0, 0.05) is 20.0 Å². The Labute approximate surface area is 114 Å². The average Bonchev–Trinajstić information content (AvgIpc) is 2.89.